The van der Waals surface area contributed by atoms with Crippen molar-refractivity contribution >= 4 is 27.5 Å². The molecular weight excluding hydrogens is 279 g/mol. The van der Waals surface area contributed by atoms with Crippen molar-refractivity contribution in [1.29, 1.82) is 0 Å². The first-order valence-corrected chi connectivity index (χ1v) is 6.14. The van der Waals surface area contributed by atoms with Crippen LogP contribution in [0.1, 0.15) is 31.8 Å². The summed E-state index contributed by atoms with van der Waals surface area (Å²) in [6, 6.07) is 0. The number of hydrogen-bond donors (Lipinski definition) is 0. The number of aryl methyl sites for hydroxylation is 1. The summed E-state index contributed by atoms with van der Waals surface area (Å²) in [6.07, 6.45) is 1.81. The topological polar surface area (TPSA) is 35.0 Å². The van der Waals surface area contributed by atoms with Crippen LogP contribution in [0.15, 0.2) is 4.47 Å². The number of halogens is 2. The molecule has 0 bridgehead atoms. The van der Waals surface area contributed by atoms with Crippen molar-refractivity contribution in [3.8, 4) is 0 Å². The first-order chi connectivity index (χ1) is 7.19. The van der Waals surface area contributed by atoms with E-state index in [0.29, 0.717) is 17.6 Å². The Morgan fingerprint density at radius 3 is 2.67 bits per heavy atom. The Morgan fingerprint density at radius 1 is 1.33 bits per heavy atom. The SMILES string of the molecule is CCCOCc1nc(Cl)c(Br)c(CC)n1. The van der Waals surface area contributed by atoms with Gasteiger partial charge in [0.25, 0.3) is 0 Å². The van der Waals surface area contributed by atoms with Gasteiger partial charge in [0.05, 0.1) is 10.2 Å². The number of aromatic nitrogens is 2. The van der Waals surface area contributed by atoms with Gasteiger partial charge < -0.3 is 4.74 Å². The first kappa shape index (κ1) is 12.9. The minimum Gasteiger partial charge on any atom is -0.373 e. The van der Waals surface area contributed by atoms with E-state index in [-0.39, 0.29) is 0 Å². The molecule has 0 unspecified atom stereocenters. The Labute approximate surface area is 103 Å². The Hall–Kier alpha value is -0.190. The van der Waals surface area contributed by atoms with Crippen LogP contribution in [0.25, 0.3) is 0 Å². The van der Waals surface area contributed by atoms with Gasteiger partial charge in [0.2, 0.25) is 0 Å². The maximum Gasteiger partial charge on any atom is 0.156 e. The molecule has 0 amide bonds. The van der Waals surface area contributed by atoms with E-state index in [9.17, 15) is 0 Å². The third kappa shape index (κ3) is 3.70. The van der Waals surface area contributed by atoms with Gasteiger partial charge in [0.1, 0.15) is 11.8 Å². The second-order valence-corrected chi connectivity index (χ2v) is 4.25. The van der Waals surface area contributed by atoms with Crippen molar-refractivity contribution in [3.63, 3.8) is 0 Å². The molecule has 0 spiro atoms. The summed E-state index contributed by atoms with van der Waals surface area (Å²) in [6.45, 7) is 5.24. The van der Waals surface area contributed by atoms with Crippen molar-refractivity contribution in [2.24, 2.45) is 0 Å². The van der Waals surface area contributed by atoms with Gasteiger partial charge in [0.15, 0.2) is 5.82 Å². The number of rotatable bonds is 5. The molecule has 0 aliphatic rings. The van der Waals surface area contributed by atoms with E-state index in [1.807, 2.05) is 6.92 Å². The zero-order valence-electron chi connectivity index (χ0n) is 8.89. The molecular formula is C10H14BrClN2O. The van der Waals surface area contributed by atoms with Crippen LogP contribution in [-0.4, -0.2) is 16.6 Å². The van der Waals surface area contributed by atoms with E-state index in [4.69, 9.17) is 16.3 Å². The zero-order valence-corrected chi connectivity index (χ0v) is 11.2. The monoisotopic (exact) mass is 292 g/mol. The van der Waals surface area contributed by atoms with Crippen molar-refractivity contribution in [1.82, 2.24) is 9.97 Å². The van der Waals surface area contributed by atoms with Crippen molar-refractivity contribution < 1.29 is 4.74 Å². The van der Waals surface area contributed by atoms with Gasteiger partial charge in [-0.2, -0.15) is 0 Å². The summed E-state index contributed by atoms with van der Waals surface area (Å²) in [7, 11) is 0. The van der Waals surface area contributed by atoms with Gasteiger partial charge >= 0.3 is 0 Å². The predicted molar refractivity (Wildman–Crippen MR) is 64.1 cm³/mol. The molecule has 84 valence electrons. The second kappa shape index (κ2) is 6.40. The Morgan fingerprint density at radius 2 is 2.07 bits per heavy atom. The zero-order chi connectivity index (χ0) is 11.3. The van der Waals surface area contributed by atoms with Crippen LogP contribution >= 0.6 is 27.5 Å². The summed E-state index contributed by atoms with van der Waals surface area (Å²) in [5.41, 5.74) is 0.921. The minimum atomic E-state index is 0.424. The molecule has 0 radical (unpaired) electrons. The lowest BCUT2D eigenvalue weighted by atomic mass is 10.3. The molecule has 0 aliphatic carbocycles. The lowest BCUT2D eigenvalue weighted by Crippen LogP contribution is -2.04. The maximum atomic E-state index is 5.96. The molecule has 0 N–H and O–H groups in total. The van der Waals surface area contributed by atoms with Crippen LogP contribution in [-0.2, 0) is 17.8 Å². The van der Waals surface area contributed by atoms with Crippen LogP contribution in [0.2, 0.25) is 5.15 Å². The van der Waals surface area contributed by atoms with Crippen molar-refractivity contribution in [3.05, 3.63) is 21.1 Å². The smallest absolute Gasteiger partial charge is 0.156 e. The van der Waals surface area contributed by atoms with Crippen LogP contribution in [0, 0.1) is 0 Å². The molecule has 15 heavy (non-hydrogen) atoms. The molecule has 0 saturated heterocycles. The summed E-state index contributed by atoms with van der Waals surface area (Å²) in [5, 5.41) is 0.456. The van der Waals surface area contributed by atoms with Gasteiger partial charge in [-0.15, -0.1) is 0 Å². The van der Waals surface area contributed by atoms with Crippen LogP contribution in [0.5, 0.6) is 0 Å². The fourth-order valence-corrected chi connectivity index (χ4v) is 1.78. The summed E-state index contributed by atoms with van der Waals surface area (Å²) < 4.78 is 6.15. The normalized spacial score (nSPS) is 10.7. The van der Waals surface area contributed by atoms with E-state index in [0.717, 1.165) is 29.6 Å². The fourth-order valence-electron chi connectivity index (χ4n) is 1.12. The molecule has 1 rings (SSSR count). The molecule has 0 saturated carbocycles. The highest BCUT2D eigenvalue weighted by Gasteiger charge is 2.08. The summed E-state index contributed by atoms with van der Waals surface area (Å²) in [5.74, 6) is 0.647. The van der Waals surface area contributed by atoms with Crippen LogP contribution in [0.4, 0.5) is 0 Å². The van der Waals surface area contributed by atoms with Crippen LogP contribution in [0.3, 0.4) is 0 Å². The largest absolute Gasteiger partial charge is 0.373 e. The van der Waals surface area contributed by atoms with E-state index < -0.39 is 0 Å². The number of ether oxygens (including phenoxy) is 1. The van der Waals surface area contributed by atoms with E-state index in [1.165, 1.54) is 0 Å². The first-order valence-electron chi connectivity index (χ1n) is 4.97. The quantitative estimate of drug-likeness (QED) is 0.616. The molecule has 1 heterocycles. The third-order valence-corrected chi connectivity index (χ3v) is 3.18. The van der Waals surface area contributed by atoms with Gasteiger partial charge in [0, 0.05) is 6.61 Å². The minimum absolute atomic E-state index is 0.424. The van der Waals surface area contributed by atoms with Crippen molar-refractivity contribution in [2.75, 3.05) is 6.61 Å². The highest BCUT2D eigenvalue weighted by Crippen LogP contribution is 2.23. The van der Waals surface area contributed by atoms with E-state index >= 15 is 0 Å². The van der Waals surface area contributed by atoms with Gasteiger partial charge in [-0.3, -0.25) is 0 Å². The molecule has 5 heteroatoms. The number of hydrogen-bond acceptors (Lipinski definition) is 3. The highest BCUT2D eigenvalue weighted by molar-refractivity contribution is 9.10. The lowest BCUT2D eigenvalue weighted by Gasteiger charge is -2.06. The fraction of sp³-hybridized carbons (Fsp3) is 0.600. The van der Waals surface area contributed by atoms with E-state index in [2.05, 4.69) is 32.8 Å². The Kier molecular flexibility index (Phi) is 5.50. The Bertz CT molecular complexity index is 333. The lowest BCUT2D eigenvalue weighted by molar-refractivity contribution is 0.116. The summed E-state index contributed by atoms with van der Waals surface area (Å²) >= 11 is 9.32. The molecule has 1 aromatic rings. The highest BCUT2D eigenvalue weighted by atomic mass is 79.9. The average molecular weight is 294 g/mol. The van der Waals surface area contributed by atoms with Gasteiger partial charge in [-0.05, 0) is 28.8 Å². The third-order valence-electron chi connectivity index (χ3n) is 1.84. The van der Waals surface area contributed by atoms with Gasteiger partial charge in [-0.25, -0.2) is 9.97 Å². The van der Waals surface area contributed by atoms with Crippen LogP contribution < -0.4 is 0 Å². The standard InChI is InChI=1S/C10H14BrClN2O/c1-3-5-15-6-8-13-7(4-2)9(11)10(12)14-8/h3-6H2,1-2H3. The second-order valence-electron chi connectivity index (χ2n) is 3.10. The number of nitrogens with zero attached hydrogens (tertiary/aromatic N) is 2. The van der Waals surface area contributed by atoms with E-state index in [1.54, 1.807) is 0 Å². The maximum absolute atomic E-state index is 5.96. The Balaban J connectivity index is 2.77. The summed E-state index contributed by atoms with van der Waals surface area (Å²) in [4.78, 5) is 8.49. The van der Waals surface area contributed by atoms with Gasteiger partial charge in [-0.1, -0.05) is 25.4 Å². The molecule has 1 aromatic heterocycles. The molecule has 0 aliphatic heterocycles. The average Bonchev–Trinajstić information content (AvgIpc) is 2.23. The predicted octanol–water partition coefficient (Wildman–Crippen LogP) is 3.38. The molecule has 0 fully saturated rings. The van der Waals surface area contributed by atoms with Crippen molar-refractivity contribution in [2.45, 2.75) is 33.3 Å². The molecule has 3 nitrogen and oxygen atoms in total. The molecule has 0 aromatic carbocycles. The molecule has 0 atom stereocenters.